The normalized spacial score (nSPS) is 19.2. The molecule has 3 heterocycles. The minimum atomic E-state index is -0.0342. The molecule has 0 saturated carbocycles. The van der Waals surface area contributed by atoms with Gasteiger partial charge in [-0.3, -0.25) is 9.69 Å². The number of nitrogens with one attached hydrogen (secondary N) is 1. The lowest BCUT2D eigenvalue weighted by Gasteiger charge is -2.21. The predicted octanol–water partition coefficient (Wildman–Crippen LogP) is 4.88. The highest BCUT2D eigenvalue weighted by atomic mass is 32.1. The third-order valence-electron chi connectivity index (χ3n) is 5.84. The van der Waals surface area contributed by atoms with E-state index < -0.39 is 0 Å². The number of hydrogen-bond donors (Lipinski definition) is 1. The van der Waals surface area contributed by atoms with Crippen molar-refractivity contribution in [2.45, 2.75) is 44.6 Å². The number of carbonyl (C=O) groups is 1. The summed E-state index contributed by atoms with van der Waals surface area (Å²) >= 11 is 3.32. The fourth-order valence-corrected chi connectivity index (χ4v) is 6.84. The zero-order valence-electron chi connectivity index (χ0n) is 16.1. The van der Waals surface area contributed by atoms with Gasteiger partial charge in [0, 0.05) is 4.88 Å². The van der Waals surface area contributed by atoms with E-state index in [1.165, 1.54) is 16.0 Å². The van der Waals surface area contributed by atoms with E-state index >= 15 is 0 Å². The number of benzene rings is 1. The zero-order valence-corrected chi connectivity index (χ0v) is 17.7. The van der Waals surface area contributed by atoms with E-state index in [1.54, 1.807) is 22.7 Å². The standard InChI is InChI=1S/C22H22N4OS2/c23-12-15-14-6-1-3-9-18(14)28-21(15)25-20(27)13-26-11-5-8-17(26)22-24-16-7-2-4-10-19(16)29-22/h2,4,7,10,17H,1,3,5-6,8-9,11,13H2,(H,25,27)/t17-/m1/s1. The number of likely N-dealkylation sites (tertiary alicyclic amines) is 1. The second-order valence-corrected chi connectivity index (χ2v) is 9.89. The van der Waals surface area contributed by atoms with Crippen LogP contribution in [0.2, 0.25) is 0 Å². The lowest BCUT2D eigenvalue weighted by atomic mass is 9.96. The van der Waals surface area contributed by atoms with E-state index in [-0.39, 0.29) is 11.9 Å². The topological polar surface area (TPSA) is 69.0 Å². The van der Waals surface area contributed by atoms with Crippen LogP contribution in [-0.4, -0.2) is 28.9 Å². The lowest BCUT2D eigenvalue weighted by molar-refractivity contribution is -0.117. The number of thiophene rings is 1. The van der Waals surface area contributed by atoms with Crippen LogP contribution in [0.4, 0.5) is 5.00 Å². The molecule has 7 heteroatoms. The second-order valence-electron chi connectivity index (χ2n) is 7.72. The van der Waals surface area contributed by atoms with Gasteiger partial charge in [0.2, 0.25) is 5.91 Å². The highest BCUT2D eigenvalue weighted by molar-refractivity contribution is 7.18. The SMILES string of the molecule is N#Cc1c(NC(=O)CN2CCC[C@@H]2c2nc3ccccc3s2)sc2c1CCCC2. The first-order valence-electron chi connectivity index (χ1n) is 10.2. The molecule has 0 radical (unpaired) electrons. The zero-order chi connectivity index (χ0) is 19.8. The fraction of sp³-hybridized carbons (Fsp3) is 0.409. The molecule has 1 aromatic carbocycles. The van der Waals surface area contributed by atoms with Crippen LogP contribution in [0.1, 0.15) is 52.7 Å². The van der Waals surface area contributed by atoms with E-state index in [0.717, 1.165) is 59.7 Å². The number of aryl methyl sites for hydroxylation is 1. The Balaban J connectivity index is 1.31. The van der Waals surface area contributed by atoms with E-state index in [4.69, 9.17) is 4.98 Å². The molecule has 3 aromatic rings. The van der Waals surface area contributed by atoms with Gasteiger partial charge < -0.3 is 5.32 Å². The number of thiazole rings is 1. The molecule has 5 rings (SSSR count). The molecule has 1 amide bonds. The number of carbonyl (C=O) groups excluding carboxylic acids is 1. The van der Waals surface area contributed by atoms with Crippen molar-refractivity contribution < 1.29 is 4.79 Å². The Labute approximate surface area is 178 Å². The number of anilines is 1. The number of fused-ring (bicyclic) bond motifs is 2. The molecule has 148 valence electrons. The second kappa shape index (κ2) is 7.86. The molecule has 1 fully saturated rings. The highest BCUT2D eigenvalue weighted by Crippen LogP contribution is 2.38. The number of para-hydroxylation sites is 1. The van der Waals surface area contributed by atoms with Crippen LogP contribution in [0.25, 0.3) is 10.2 Å². The van der Waals surface area contributed by atoms with Crippen LogP contribution in [-0.2, 0) is 17.6 Å². The number of hydrogen-bond acceptors (Lipinski definition) is 6. The molecule has 0 spiro atoms. The van der Waals surface area contributed by atoms with Gasteiger partial charge in [0.15, 0.2) is 0 Å². The van der Waals surface area contributed by atoms with Crippen molar-refractivity contribution in [2.75, 3.05) is 18.4 Å². The summed E-state index contributed by atoms with van der Waals surface area (Å²) in [4.78, 5) is 21.1. The van der Waals surface area contributed by atoms with Crippen molar-refractivity contribution in [1.29, 1.82) is 5.26 Å². The average Bonchev–Trinajstić information content (AvgIpc) is 3.43. The van der Waals surface area contributed by atoms with Gasteiger partial charge in [-0.15, -0.1) is 22.7 Å². The summed E-state index contributed by atoms with van der Waals surface area (Å²) in [5, 5.41) is 14.5. The monoisotopic (exact) mass is 422 g/mol. The van der Waals surface area contributed by atoms with Crippen LogP contribution in [0.5, 0.6) is 0 Å². The maximum atomic E-state index is 12.8. The third-order valence-corrected chi connectivity index (χ3v) is 8.19. The van der Waals surface area contributed by atoms with Crippen molar-refractivity contribution in [2.24, 2.45) is 0 Å². The molecule has 2 aliphatic rings. The Hall–Kier alpha value is -2.27. The van der Waals surface area contributed by atoms with Gasteiger partial charge in [0.25, 0.3) is 0 Å². The largest absolute Gasteiger partial charge is 0.315 e. The molecule has 1 saturated heterocycles. The quantitative estimate of drug-likeness (QED) is 0.650. The third kappa shape index (κ3) is 3.57. The molecule has 1 atom stereocenters. The van der Waals surface area contributed by atoms with Crippen LogP contribution in [0, 0.1) is 11.3 Å². The summed E-state index contributed by atoms with van der Waals surface area (Å²) in [5.41, 5.74) is 2.88. The maximum absolute atomic E-state index is 12.8. The first kappa shape index (κ1) is 18.7. The van der Waals surface area contributed by atoms with Gasteiger partial charge >= 0.3 is 0 Å². The molecular formula is C22H22N4OS2. The number of rotatable bonds is 4. The van der Waals surface area contributed by atoms with E-state index in [2.05, 4.69) is 22.4 Å². The van der Waals surface area contributed by atoms with Crippen molar-refractivity contribution in [3.8, 4) is 6.07 Å². The van der Waals surface area contributed by atoms with Crippen molar-refractivity contribution in [1.82, 2.24) is 9.88 Å². The fourth-order valence-electron chi connectivity index (χ4n) is 4.45. The van der Waals surface area contributed by atoms with Crippen LogP contribution in [0.15, 0.2) is 24.3 Å². The van der Waals surface area contributed by atoms with E-state index in [1.807, 2.05) is 18.2 Å². The summed E-state index contributed by atoms with van der Waals surface area (Å²) in [6, 6.07) is 10.7. The smallest absolute Gasteiger partial charge is 0.239 e. The number of nitriles is 1. The van der Waals surface area contributed by atoms with Crippen LogP contribution in [0.3, 0.4) is 0 Å². The van der Waals surface area contributed by atoms with Gasteiger partial charge in [0.1, 0.15) is 16.1 Å². The molecular weight excluding hydrogens is 400 g/mol. The molecule has 0 bridgehead atoms. The summed E-state index contributed by atoms with van der Waals surface area (Å²) in [6.45, 7) is 1.24. The minimum Gasteiger partial charge on any atom is -0.315 e. The summed E-state index contributed by atoms with van der Waals surface area (Å²) < 4.78 is 1.20. The Kier molecular flexibility index (Phi) is 5.08. The average molecular weight is 423 g/mol. The Morgan fingerprint density at radius 1 is 1.24 bits per heavy atom. The van der Waals surface area contributed by atoms with Gasteiger partial charge in [-0.05, 0) is 62.8 Å². The molecule has 1 aliphatic carbocycles. The van der Waals surface area contributed by atoms with Crippen LogP contribution >= 0.6 is 22.7 Å². The van der Waals surface area contributed by atoms with E-state index in [9.17, 15) is 10.1 Å². The molecule has 29 heavy (non-hydrogen) atoms. The summed E-state index contributed by atoms with van der Waals surface area (Å²) in [6.07, 6.45) is 6.38. The highest BCUT2D eigenvalue weighted by Gasteiger charge is 2.30. The first-order chi connectivity index (χ1) is 14.2. The lowest BCUT2D eigenvalue weighted by Crippen LogP contribution is -2.32. The molecule has 0 unspecified atom stereocenters. The first-order valence-corrected chi connectivity index (χ1v) is 11.8. The Bertz CT molecular complexity index is 1080. The number of aromatic nitrogens is 1. The van der Waals surface area contributed by atoms with Crippen molar-refractivity contribution >= 4 is 43.8 Å². The Morgan fingerprint density at radius 3 is 2.97 bits per heavy atom. The number of amides is 1. The van der Waals surface area contributed by atoms with Gasteiger partial charge in [0.05, 0.1) is 28.4 Å². The van der Waals surface area contributed by atoms with Crippen molar-refractivity contribution in [3.05, 3.63) is 45.3 Å². The van der Waals surface area contributed by atoms with Crippen molar-refractivity contribution in [3.63, 3.8) is 0 Å². The predicted molar refractivity (Wildman–Crippen MR) is 117 cm³/mol. The molecule has 1 N–H and O–H groups in total. The van der Waals surface area contributed by atoms with Gasteiger partial charge in [-0.1, -0.05) is 12.1 Å². The van der Waals surface area contributed by atoms with Crippen LogP contribution < -0.4 is 5.32 Å². The molecule has 1 aliphatic heterocycles. The molecule has 5 nitrogen and oxygen atoms in total. The van der Waals surface area contributed by atoms with Gasteiger partial charge in [-0.2, -0.15) is 5.26 Å². The molecule has 2 aromatic heterocycles. The summed E-state index contributed by atoms with van der Waals surface area (Å²) in [7, 11) is 0. The van der Waals surface area contributed by atoms with Gasteiger partial charge in [-0.25, -0.2) is 4.98 Å². The van der Waals surface area contributed by atoms with E-state index in [0.29, 0.717) is 12.1 Å². The summed E-state index contributed by atoms with van der Waals surface area (Å²) in [5.74, 6) is -0.0342. The Morgan fingerprint density at radius 2 is 2.10 bits per heavy atom. The minimum absolute atomic E-state index is 0.0342. The maximum Gasteiger partial charge on any atom is 0.239 e. The number of nitrogens with zero attached hydrogens (tertiary/aromatic N) is 3.